The van der Waals surface area contributed by atoms with Crippen LogP contribution >= 0.6 is 23.2 Å². The summed E-state index contributed by atoms with van der Waals surface area (Å²) in [5, 5.41) is 10.3. The molecule has 0 spiro atoms. The number of pyridine rings is 1. The quantitative estimate of drug-likeness (QED) is 0.834. The third-order valence-corrected chi connectivity index (χ3v) is 2.49. The molecule has 1 N–H and O–H groups in total. The van der Waals surface area contributed by atoms with Crippen molar-refractivity contribution >= 4 is 40.1 Å². The molecule has 1 heterocycles. The lowest BCUT2D eigenvalue weighted by Gasteiger charge is -2.02. The number of hydrogen-bond acceptors (Lipinski definition) is 2. The molecule has 2 aromatic rings. The number of aromatic carboxylic acids is 1. The second-order valence-corrected chi connectivity index (χ2v) is 3.80. The van der Waals surface area contributed by atoms with Gasteiger partial charge in [-0.15, -0.1) is 0 Å². The molecule has 0 aliphatic carbocycles. The highest BCUT2D eigenvalue weighted by atomic mass is 35.5. The fourth-order valence-corrected chi connectivity index (χ4v) is 1.69. The third kappa shape index (κ3) is 1.89. The lowest BCUT2D eigenvalue weighted by molar-refractivity contribution is 0.0691. The molecule has 0 aliphatic rings. The third-order valence-electron chi connectivity index (χ3n) is 1.94. The smallest absolute Gasteiger partial charge is 0.354 e. The van der Waals surface area contributed by atoms with Gasteiger partial charge in [-0.05, 0) is 24.3 Å². The van der Waals surface area contributed by atoms with Crippen LogP contribution in [-0.2, 0) is 0 Å². The number of hydrogen-bond donors (Lipinski definition) is 1. The standard InChI is InChI=1S/C10H5Cl2NO2/c11-5-1-2-8-6(3-5)7(12)4-9(13-8)10(14)15/h1-4H,(H,14,15). The number of aromatic nitrogens is 1. The van der Waals surface area contributed by atoms with Gasteiger partial charge in [0.1, 0.15) is 5.69 Å². The number of rotatable bonds is 1. The van der Waals surface area contributed by atoms with Gasteiger partial charge in [0.25, 0.3) is 0 Å². The largest absolute Gasteiger partial charge is 0.477 e. The zero-order chi connectivity index (χ0) is 11.0. The van der Waals surface area contributed by atoms with Gasteiger partial charge in [-0.25, -0.2) is 9.78 Å². The maximum atomic E-state index is 10.7. The first-order chi connectivity index (χ1) is 7.08. The van der Waals surface area contributed by atoms with Gasteiger partial charge in [0, 0.05) is 10.4 Å². The van der Waals surface area contributed by atoms with Crippen LogP contribution in [0, 0.1) is 0 Å². The molecule has 0 fully saturated rings. The zero-order valence-corrected chi connectivity index (χ0v) is 8.88. The molecule has 2 rings (SSSR count). The predicted molar refractivity (Wildman–Crippen MR) is 58.7 cm³/mol. The molecule has 0 unspecified atom stereocenters. The van der Waals surface area contributed by atoms with Crippen molar-refractivity contribution in [1.29, 1.82) is 0 Å². The Morgan fingerprint density at radius 2 is 2.00 bits per heavy atom. The molecule has 0 saturated heterocycles. The molecule has 0 radical (unpaired) electrons. The number of fused-ring (bicyclic) bond motifs is 1. The molecule has 1 aromatic heterocycles. The van der Waals surface area contributed by atoms with Crippen molar-refractivity contribution in [2.75, 3.05) is 0 Å². The molecule has 3 nitrogen and oxygen atoms in total. The van der Waals surface area contributed by atoms with E-state index in [1.165, 1.54) is 6.07 Å². The predicted octanol–water partition coefficient (Wildman–Crippen LogP) is 3.24. The van der Waals surface area contributed by atoms with Crippen LogP contribution in [0.1, 0.15) is 10.5 Å². The molecule has 5 heteroatoms. The SMILES string of the molecule is O=C(O)c1cc(Cl)c2cc(Cl)ccc2n1. The molecule has 0 aliphatic heterocycles. The number of carboxylic acid groups (broad SMARTS) is 1. The second kappa shape index (κ2) is 3.68. The van der Waals surface area contributed by atoms with Crippen LogP contribution in [0.25, 0.3) is 10.9 Å². The van der Waals surface area contributed by atoms with Crippen LogP contribution in [-0.4, -0.2) is 16.1 Å². The van der Waals surface area contributed by atoms with Crippen LogP contribution in [0.3, 0.4) is 0 Å². The van der Waals surface area contributed by atoms with E-state index in [2.05, 4.69) is 4.98 Å². The Kier molecular flexibility index (Phi) is 2.50. The fraction of sp³-hybridized carbons (Fsp3) is 0. The Hall–Kier alpha value is -1.32. The number of halogens is 2. The second-order valence-electron chi connectivity index (χ2n) is 2.96. The number of nitrogens with zero attached hydrogens (tertiary/aromatic N) is 1. The Bertz CT molecular complexity index is 554. The minimum Gasteiger partial charge on any atom is -0.477 e. The van der Waals surface area contributed by atoms with Crippen molar-refractivity contribution in [3.8, 4) is 0 Å². The van der Waals surface area contributed by atoms with E-state index in [1.807, 2.05) is 0 Å². The summed E-state index contributed by atoms with van der Waals surface area (Å²) in [6.45, 7) is 0. The van der Waals surface area contributed by atoms with Crippen LogP contribution in [0.4, 0.5) is 0 Å². The summed E-state index contributed by atoms with van der Waals surface area (Å²) < 4.78 is 0. The van der Waals surface area contributed by atoms with Gasteiger partial charge in [0.2, 0.25) is 0 Å². The van der Waals surface area contributed by atoms with Crippen molar-refractivity contribution in [2.45, 2.75) is 0 Å². The highest BCUT2D eigenvalue weighted by molar-refractivity contribution is 6.37. The number of carbonyl (C=O) groups is 1. The van der Waals surface area contributed by atoms with E-state index in [0.717, 1.165) is 0 Å². The van der Waals surface area contributed by atoms with E-state index in [9.17, 15) is 4.79 Å². The van der Waals surface area contributed by atoms with Gasteiger partial charge in [0.15, 0.2) is 0 Å². The molecule has 15 heavy (non-hydrogen) atoms. The Morgan fingerprint density at radius 1 is 1.27 bits per heavy atom. The van der Waals surface area contributed by atoms with Crippen molar-refractivity contribution in [1.82, 2.24) is 4.98 Å². The van der Waals surface area contributed by atoms with Crippen molar-refractivity contribution in [2.24, 2.45) is 0 Å². The molecule has 0 atom stereocenters. The summed E-state index contributed by atoms with van der Waals surface area (Å²) >= 11 is 11.7. The van der Waals surface area contributed by atoms with E-state index in [4.69, 9.17) is 28.3 Å². The van der Waals surface area contributed by atoms with Crippen LogP contribution < -0.4 is 0 Å². The maximum absolute atomic E-state index is 10.7. The Balaban J connectivity index is 2.78. The molecule has 76 valence electrons. The average Bonchev–Trinajstić information content (AvgIpc) is 2.18. The minimum absolute atomic E-state index is 0.0742. The average molecular weight is 242 g/mol. The molecule has 1 aromatic carbocycles. The minimum atomic E-state index is -1.10. The summed E-state index contributed by atoms with van der Waals surface area (Å²) in [6.07, 6.45) is 0. The first kappa shape index (κ1) is 10.2. The van der Waals surface area contributed by atoms with E-state index < -0.39 is 5.97 Å². The Labute approximate surface area is 95.3 Å². The van der Waals surface area contributed by atoms with Crippen LogP contribution in [0.2, 0.25) is 10.0 Å². The van der Waals surface area contributed by atoms with E-state index >= 15 is 0 Å². The molecule has 0 bridgehead atoms. The van der Waals surface area contributed by atoms with E-state index in [-0.39, 0.29) is 5.69 Å². The van der Waals surface area contributed by atoms with E-state index in [0.29, 0.717) is 20.9 Å². The molecular weight excluding hydrogens is 237 g/mol. The molecule has 0 amide bonds. The summed E-state index contributed by atoms with van der Waals surface area (Å²) in [4.78, 5) is 14.7. The van der Waals surface area contributed by atoms with Crippen molar-refractivity contribution in [3.05, 3.63) is 40.0 Å². The van der Waals surface area contributed by atoms with Crippen molar-refractivity contribution in [3.63, 3.8) is 0 Å². The highest BCUT2D eigenvalue weighted by Gasteiger charge is 2.09. The summed E-state index contributed by atoms with van der Waals surface area (Å²) in [6, 6.07) is 6.23. The first-order valence-electron chi connectivity index (χ1n) is 4.07. The summed E-state index contributed by atoms with van der Waals surface area (Å²) in [5.74, 6) is -1.10. The van der Waals surface area contributed by atoms with Crippen molar-refractivity contribution < 1.29 is 9.90 Å². The topological polar surface area (TPSA) is 50.2 Å². The molecular formula is C10H5Cl2NO2. The monoisotopic (exact) mass is 241 g/mol. The van der Waals surface area contributed by atoms with Gasteiger partial charge < -0.3 is 5.11 Å². The maximum Gasteiger partial charge on any atom is 0.354 e. The summed E-state index contributed by atoms with van der Waals surface area (Å²) in [7, 11) is 0. The number of carboxylic acids is 1. The fourth-order valence-electron chi connectivity index (χ4n) is 1.27. The normalized spacial score (nSPS) is 10.5. The van der Waals surface area contributed by atoms with E-state index in [1.54, 1.807) is 18.2 Å². The van der Waals surface area contributed by atoms with Crippen LogP contribution in [0.5, 0.6) is 0 Å². The van der Waals surface area contributed by atoms with Gasteiger partial charge in [-0.2, -0.15) is 0 Å². The lowest BCUT2D eigenvalue weighted by Crippen LogP contribution is -2.00. The Morgan fingerprint density at radius 3 is 2.67 bits per heavy atom. The molecule has 0 saturated carbocycles. The van der Waals surface area contributed by atoms with Gasteiger partial charge >= 0.3 is 5.97 Å². The highest BCUT2D eigenvalue weighted by Crippen LogP contribution is 2.25. The summed E-state index contributed by atoms with van der Waals surface area (Å²) in [5.41, 5.74) is 0.444. The number of benzene rings is 1. The van der Waals surface area contributed by atoms with Gasteiger partial charge in [0.05, 0.1) is 10.5 Å². The lowest BCUT2D eigenvalue weighted by atomic mass is 10.2. The van der Waals surface area contributed by atoms with Crippen LogP contribution in [0.15, 0.2) is 24.3 Å². The zero-order valence-electron chi connectivity index (χ0n) is 7.37. The van der Waals surface area contributed by atoms with Gasteiger partial charge in [-0.3, -0.25) is 0 Å². The van der Waals surface area contributed by atoms with Gasteiger partial charge in [-0.1, -0.05) is 23.2 Å². The first-order valence-corrected chi connectivity index (χ1v) is 4.82.